The van der Waals surface area contributed by atoms with Crippen LogP contribution in [-0.2, 0) is 6.42 Å². The topological polar surface area (TPSA) is 26.3 Å². The molecule has 0 aliphatic rings. The third-order valence-electron chi connectivity index (χ3n) is 5.49. The number of halogens is 3. The Bertz CT molecular complexity index is 1310. The van der Waals surface area contributed by atoms with Gasteiger partial charge in [-0.15, -0.1) is 0 Å². The van der Waals surface area contributed by atoms with Crippen LogP contribution in [0, 0.1) is 24.4 Å². The third kappa shape index (κ3) is 4.67. The van der Waals surface area contributed by atoms with Crippen LogP contribution in [0.1, 0.15) is 28.4 Å². The summed E-state index contributed by atoms with van der Waals surface area (Å²) in [6, 6.07) is 20.4. The maximum absolute atomic E-state index is 14.9. The van der Waals surface area contributed by atoms with Crippen molar-refractivity contribution in [3.8, 4) is 28.0 Å². The molecule has 0 heterocycles. The van der Waals surface area contributed by atoms with Gasteiger partial charge in [-0.25, -0.2) is 18.0 Å². The maximum atomic E-state index is 14.9. The highest BCUT2D eigenvalue weighted by molar-refractivity contribution is 5.91. The zero-order valence-electron chi connectivity index (χ0n) is 18.2. The highest BCUT2D eigenvalue weighted by atomic mass is 19.2. The average molecular weight is 446 g/mol. The molecule has 0 spiro atoms. The summed E-state index contributed by atoms with van der Waals surface area (Å²) in [5.41, 5.74) is 3.02. The van der Waals surface area contributed by atoms with Crippen LogP contribution in [0.25, 0.3) is 22.3 Å². The molecule has 33 heavy (non-hydrogen) atoms. The Morgan fingerprint density at radius 2 is 1.30 bits per heavy atom. The number of ether oxygens (including phenoxy) is 1. The summed E-state index contributed by atoms with van der Waals surface area (Å²) in [5.74, 6) is -2.91. The van der Waals surface area contributed by atoms with Gasteiger partial charge in [-0.1, -0.05) is 67.1 Å². The first-order valence-corrected chi connectivity index (χ1v) is 10.5. The minimum absolute atomic E-state index is 0.0838. The zero-order chi connectivity index (χ0) is 23.5. The number of hydrogen-bond donors (Lipinski definition) is 0. The van der Waals surface area contributed by atoms with E-state index in [1.807, 2.05) is 26.0 Å². The van der Waals surface area contributed by atoms with Crippen LogP contribution in [-0.4, -0.2) is 5.97 Å². The third-order valence-corrected chi connectivity index (χ3v) is 5.49. The zero-order valence-corrected chi connectivity index (χ0v) is 18.2. The molecule has 0 N–H and O–H groups in total. The van der Waals surface area contributed by atoms with Gasteiger partial charge < -0.3 is 4.74 Å². The van der Waals surface area contributed by atoms with Crippen LogP contribution < -0.4 is 4.74 Å². The van der Waals surface area contributed by atoms with Gasteiger partial charge in [0.25, 0.3) is 0 Å². The van der Waals surface area contributed by atoms with Crippen molar-refractivity contribution in [2.75, 3.05) is 0 Å². The number of carbonyl (C=O) groups excluding carboxylic acids is 1. The molecule has 2 nitrogen and oxygen atoms in total. The second kappa shape index (κ2) is 9.33. The molecule has 4 rings (SSSR count). The number of rotatable bonds is 5. The average Bonchev–Trinajstić information content (AvgIpc) is 2.82. The predicted molar refractivity (Wildman–Crippen MR) is 123 cm³/mol. The lowest BCUT2D eigenvalue weighted by Gasteiger charge is -2.10. The Kier molecular flexibility index (Phi) is 6.31. The number of benzene rings is 4. The van der Waals surface area contributed by atoms with Crippen molar-refractivity contribution in [3.63, 3.8) is 0 Å². The Morgan fingerprint density at radius 3 is 1.82 bits per heavy atom. The number of carbonyl (C=O) groups is 1. The first-order valence-electron chi connectivity index (χ1n) is 10.5. The van der Waals surface area contributed by atoms with Crippen LogP contribution in [0.15, 0.2) is 78.9 Å². The highest BCUT2D eigenvalue weighted by Crippen LogP contribution is 2.32. The molecule has 5 heteroatoms. The van der Waals surface area contributed by atoms with Gasteiger partial charge in [0.15, 0.2) is 11.6 Å². The van der Waals surface area contributed by atoms with Crippen molar-refractivity contribution >= 4 is 5.97 Å². The molecule has 0 aliphatic carbocycles. The normalized spacial score (nSPS) is 10.8. The van der Waals surface area contributed by atoms with E-state index in [1.165, 1.54) is 48.5 Å². The van der Waals surface area contributed by atoms with Crippen molar-refractivity contribution in [2.45, 2.75) is 20.3 Å². The molecule has 0 aromatic heterocycles. The molecule has 0 unspecified atom stereocenters. The fourth-order valence-corrected chi connectivity index (χ4v) is 3.56. The number of hydrogen-bond acceptors (Lipinski definition) is 2. The van der Waals surface area contributed by atoms with Gasteiger partial charge in [0.1, 0.15) is 11.6 Å². The van der Waals surface area contributed by atoms with Crippen LogP contribution >= 0.6 is 0 Å². The van der Waals surface area contributed by atoms with E-state index >= 15 is 0 Å². The highest BCUT2D eigenvalue weighted by Gasteiger charge is 2.17. The SMILES string of the molecule is CCc1ccc(OC(=O)c2ccc(-c3ccc(-c4ccc(C)cc4)c(F)c3F)cc2)cc1F. The molecular formula is C28H21F3O2. The number of esters is 1. The summed E-state index contributed by atoms with van der Waals surface area (Å²) in [6.45, 7) is 3.75. The Labute approximate surface area is 190 Å². The first-order chi connectivity index (χ1) is 15.9. The second-order valence-corrected chi connectivity index (χ2v) is 7.73. The van der Waals surface area contributed by atoms with E-state index in [1.54, 1.807) is 18.2 Å². The first kappa shape index (κ1) is 22.3. The van der Waals surface area contributed by atoms with Crippen molar-refractivity contribution in [2.24, 2.45) is 0 Å². The molecule has 166 valence electrons. The van der Waals surface area contributed by atoms with E-state index in [4.69, 9.17) is 4.74 Å². The summed E-state index contributed by atoms with van der Waals surface area (Å²) < 4.78 is 48.8. The summed E-state index contributed by atoms with van der Waals surface area (Å²) in [5, 5.41) is 0. The molecule has 0 radical (unpaired) electrons. The lowest BCUT2D eigenvalue weighted by Crippen LogP contribution is -2.08. The van der Waals surface area contributed by atoms with Crippen LogP contribution in [0.3, 0.4) is 0 Å². The van der Waals surface area contributed by atoms with Crippen molar-refractivity contribution in [1.29, 1.82) is 0 Å². The van der Waals surface area contributed by atoms with Gasteiger partial charge in [0.05, 0.1) is 5.56 Å². The Balaban J connectivity index is 1.55. The fourth-order valence-electron chi connectivity index (χ4n) is 3.56. The molecule has 0 saturated carbocycles. The quantitative estimate of drug-likeness (QED) is 0.234. The molecule has 0 amide bonds. The standard InChI is InChI=1S/C28H21F3O2/c1-3-18-12-13-22(16-25(18)29)33-28(32)21-10-8-20(9-11-21)24-15-14-23(26(30)27(24)31)19-6-4-17(2)5-7-19/h4-16H,3H2,1-2H3. The number of aryl methyl sites for hydroxylation is 2. The van der Waals surface area contributed by atoms with Crippen LogP contribution in [0.5, 0.6) is 5.75 Å². The summed E-state index contributed by atoms with van der Waals surface area (Å²) in [7, 11) is 0. The van der Waals surface area contributed by atoms with Gasteiger partial charge in [0.2, 0.25) is 0 Å². The van der Waals surface area contributed by atoms with Gasteiger partial charge in [-0.2, -0.15) is 0 Å². The summed E-state index contributed by atoms with van der Waals surface area (Å²) >= 11 is 0. The van der Waals surface area contributed by atoms with E-state index in [-0.39, 0.29) is 22.4 Å². The monoisotopic (exact) mass is 446 g/mol. The van der Waals surface area contributed by atoms with Crippen molar-refractivity contribution in [3.05, 3.63) is 113 Å². The molecule has 0 saturated heterocycles. The largest absolute Gasteiger partial charge is 0.423 e. The Hall–Kier alpha value is -3.86. The van der Waals surface area contributed by atoms with Gasteiger partial charge in [0, 0.05) is 17.2 Å². The van der Waals surface area contributed by atoms with Gasteiger partial charge in [-0.3, -0.25) is 0 Å². The van der Waals surface area contributed by atoms with Gasteiger partial charge >= 0.3 is 5.97 Å². The summed E-state index contributed by atoms with van der Waals surface area (Å²) in [4.78, 5) is 12.4. The molecule has 4 aromatic rings. The Morgan fingerprint density at radius 1 is 0.758 bits per heavy atom. The molecule has 0 fully saturated rings. The molecule has 0 bridgehead atoms. The fraction of sp³-hybridized carbons (Fsp3) is 0.107. The van der Waals surface area contributed by atoms with E-state index in [2.05, 4.69) is 0 Å². The van der Waals surface area contributed by atoms with Crippen LogP contribution in [0.2, 0.25) is 0 Å². The van der Waals surface area contributed by atoms with Gasteiger partial charge in [-0.05, 0) is 48.2 Å². The predicted octanol–water partition coefficient (Wildman–Crippen LogP) is 7.53. The minimum atomic E-state index is -0.963. The van der Waals surface area contributed by atoms with E-state index in [0.29, 0.717) is 23.1 Å². The van der Waals surface area contributed by atoms with E-state index in [0.717, 1.165) is 5.56 Å². The summed E-state index contributed by atoms with van der Waals surface area (Å²) in [6.07, 6.45) is 0.532. The molecular weight excluding hydrogens is 425 g/mol. The van der Waals surface area contributed by atoms with E-state index < -0.39 is 23.4 Å². The van der Waals surface area contributed by atoms with Crippen molar-refractivity contribution in [1.82, 2.24) is 0 Å². The smallest absolute Gasteiger partial charge is 0.343 e. The lowest BCUT2D eigenvalue weighted by molar-refractivity contribution is 0.0734. The van der Waals surface area contributed by atoms with Crippen LogP contribution in [0.4, 0.5) is 13.2 Å². The maximum Gasteiger partial charge on any atom is 0.343 e. The second-order valence-electron chi connectivity index (χ2n) is 7.73. The van der Waals surface area contributed by atoms with Crippen molar-refractivity contribution < 1.29 is 22.7 Å². The van der Waals surface area contributed by atoms with E-state index in [9.17, 15) is 18.0 Å². The lowest BCUT2D eigenvalue weighted by atomic mass is 9.98. The molecule has 0 aliphatic heterocycles. The molecule has 4 aromatic carbocycles. The minimum Gasteiger partial charge on any atom is -0.423 e. The molecule has 0 atom stereocenters.